The van der Waals surface area contributed by atoms with Crippen LogP contribution in [0.15, 0.2) is 29.2 Å². The molecule has 1 amide bonds. The molecule has 0 spiro atoms. The van der Waals surface area contributed by atoms with Gasteiger partial charge in [0.2, 0.25) is 0 Å². The second-order valence-electron chi connectivity index (χ2n) is 5.13. The van der Waals surface area contributed by atoms with Gasteiger partial charge in [-0.25, -0.2) is 4.98 Å². The normalized spacial score (nSPS) is 10.9. The lowest BCUT2D eigenvalue weighted by molar-refractivity contribution is 0.0789. The highest BCUT2D eigenvalue weighted by atomic mass is 32.1. The fourth-order valence-electron chi connectivity index (χ4n) is 2.18. The van der Waals surface area contributed by atoms with Gasteiger partial charge in [0.25, 0.3) is 5.91 Å². The molecule has 0 unspecified atom stereocenters. The van der Waals surface area contributed by atoms with Crippen LogP contribution in [0.5, 0.6) is 0 Å². The molecule has 3 aromatic heterocycles. The first-order valence-corrected chi connectivity index (χ1v) is 8.53. The van der Waals surface area contributed by atoms with E-state index in [9.17, 15) is 4.79 Å². The average molecular weight is 332 g/mol. The van der Waals surface area contributed by atoms with Gasteiger partial charge in [-0.15, -0.1) is 11.3 Å². The maximum absolute atomic E-state index is 12.6. The molecular formula is C15H16N4OS2. The van der Waals surface area contributed by atoms with E-state index in [0.717, 1.165) is 21.8 Å². The van der Waals surface area contributed by atoms with Crippen LogP contribution in [0.3, 0.4) is 0 Å². The Bertz CT molecular complexity index is 788. The monoisotopic (exact) mass is 332 g/mol. The first-order valence-electron chi connectivity index (χ1n) is 6.77. The lowest BCUT2D eigenvalue weighted by Crippen LogP contribution is -2.25. The van der Waals surface area contributed by atoms with Crippen molar-refractivity contribution < 1.29 is 4.79 Å². The predicted molar refractivity (Wildman–Crippen MR) is 89.2 cm³/mol. The second-order valence-corrected chi connectivity index (χ2v) is 6.91. The number of amides is 1. The van der Waals surface area contributed by atoms with E-state index in [0.29, 0.717) is 11.4 Å². The molecule has 114 valence electrons. The smallest absolute Gasteiger partial charge is 0.265 e. The minimum atomic E-state index is 0.000308. The summed E-state index contributed by atoms with van der Waals surface area (Å²) in [5.41, 5.74) is 2.87. The Morgan fingerprint density at radius 1 is 1.45 bits per heavy atom. The van der Waals surface area contributed by atoms with Crippen molar-refractivity contribution in [1.82, 2.24) is 19.7 Å². The predicted octanol–water partition coefficient (Wildman–Crippen LogP) is 3.19. The minimum Gasteiger partial charge on any atom is -0.337 e. The van der Waals surface area contributed by atoms with Crippen LogP contribution in [-0.2, 0) is 13.6 Å². The first-order chi connectivity index (χ1) is 10.5. The molecule has 0 saturated heterocycles. The minimum absolute atomic E-state index is 0.000308. The van der Waals surface area contributed by atoms with Crippen LogP contribution in [-0.4, -0.2) is 32.6 Å². The van der Waals surface area contributed by atoms with Gasteiger partial charge in [0.05, 0.1) is 11.9 Å². The zero-order chi connectivity index (χ0) is 15.7. The number of hydrogen-bond acceptors (Lipinski definition) is 5. The molecule has 0 atom stereocenters. The van der Waals surface area contributed by atoms with Crippen LogP contribution < -0.4 is 0 Å². The molecule has 3 aromatic rings. The molecule has 3 heterocycles. The zero-order valence-electron chi connectivity index (χ0n) is 12.6. The van der Waals surface area contributed by atoms with E-state index in [1.807, 2.05) is 37.0 Å². The number of thiazole rings is 1. The van der Waals surface area contributed by atoms with Crippen molar-refractivity contribution >= 4 is 28.6 Å². The topological polar surface area (TPSA) is 51.0 Å². The third kappa shape index (κ3) is 2.95. The van der Waals surface area contributed by atoms with E-state index < -0.39 is 0 Å². The molecule has 5 nitrogen and oxygen atoms in total. The molecule has 3 rings (SSSR count). The van der Waals surface area contributed by atoms with Crippen LogP contribution in [0, 0.1) is 6.92 Å². The molecule has 0 bridgehead atoms. The van der Waals surface area contributed by atoms with E-state index in [2.05, 4.69) is 10.1 Å². The number of thiophene rings is 1. The third-order valence-corrected chi connectivity index (χ3v) is 5.16. The number of rotatable bonds is 4. The summed E-state index contributed by atoms with van der Waals surface area (Å²) in [5, 5.41) is 9.09. The quantitative estimate of drug-likeness (QED) is 0.737. The van der Waals surface area contributed by atoms with Crippen molar-refractivity contribution in [2.45, 2.75) is 13.5 Å². The van der Waals surface area contributed by atoms with Crippen molar-refractivity contribution in [1.29, 1.82) is 0 Å². The summed E-state index contributed by atoms with van der Waals surface area (Å²) < 4.78 is 1.74. The van der Waals surface area contributed by atoms with Gasteiger partial charge in [-0.2, -0.15) is 16.4 Å². The van der Waals surface area contributed by atoms with E-state index in [1.165, 1.54) is 11.3 Å². The standard InChI is InChI=1S/C15H16N4OS2/c1-10-13(22-14(17-10)12-4-5-21-9-12)15(20)18(2)7-11-6-16-19(3)8-11/h4-6,8-9H,7H2,1-3H3. The third-order valence-electron chi connectivity index (χ3n) is 3.28. The number of carbonyl (C=O) groups excluding carboxylic acids is 1. The van der Waals surface area contributed by atoms with Crippen molar-refractivity contribution in [3.05, 3.63) is 45.4 Å². The van der Waals surface area contributed by atoms with Crippen LogP contribution in [0.4, 0.5) is 0 Å². The molecule has 0 aromatic carbocycles. The van der Waals surface area contributed by atoms with E-state index in [1.54, 1.807) is 34.2 Å². The zero-order valence-corrected chi connectivity index (χ0v) is 14.2. The Labute approximate surface area is 136 Å². The summed E-state index contributed by atoms with van der Waals surface area (Å²) >= 11 is 3.08. The van der Waals surface area contributed by atoms with Crippen LogP contribution in [0.1, 0.15) is 20.9 Å². The molecule has 0 radical (unpaired) electrons. The highest BCUT2D eigenvalue weighted by Gasteiger charge is 2.20. The van der Waals surface area contributed by atoms with Gasteiger partial charge < -0.3 is 4.90 Å². The molecule has 0 fully saturated rings. The Hall–Kier alpha value is -1.99. The molecule has 0 aliphatic carbocycles. The Kier molecular flexibility index (Phi) is 4.08. The Balaban J connectivity index is 1.79. The molecule has 0 aliphatic rings. The number of aromatic nitrogens is 3. The van der Waals surface area contributed by atoms with Gasteiger partial charge in [-0.1, -0.05) is 0 Å². The number of aryl methyl sites for hydroxylation is 2. The van der Waals surface area contributed by atoms with Gasteiger partial charge in [-0.3, -0.25) is 9.48 Å². The fourth-order valence-corrected chi connectivity index (χ4v) is 3.95. The van der Waals surface area contributed by atoms with Gasteiger partial charge in [-0.05, 0) is 18.4 Å². The molecule has 7 heteroatoms. The average Bonchev–Trinajstić information content (AvgIpc) is 3.19. The summed E-state index contributed by atoms with van der Waals surface area (Å²) in [4.78, 5) is 19.6. The Morgan fingerprint density at radius 2 is 2.27 bits per heavy atom. The number of nitrogens with zero attached hydrogens (tertiary/aromatic N) is 4. The van der Waals surface area contributed by atoms with E-state index >= 15 is 0 Å². The maximum Gasteiger partial charge on any atom is 0.265 e. The van der Waals surface area contributed by atoms with Crippen molar-refractivity contribution in [3.8, 4) is 10.6 Å². The van der Waals surface area contributed by atoms with Crippen LogP contribution in [0.2, 0.25) is 0 Å². The Morgan fingerprint density at radius 3 is 2.91 bits per heavy atom. The fraction of sp³-hybridized carbons (Fsp3) is 0.267. The van der Waals surface area contributed by atoms with E-state index in [-0.39, 0.29) is 5.91 Å². The lowest BCUT2D eigenvalue weighted by Gasteiger charge is -2.15. The van der Waals surface area contributed by atoms with Crippen molar-refractivity contribution in [3.63, 3.8) is 0 Å². The number of hydrogen-bond donors (Lipinski definition) is 0. The van der Waals surface area contributed by atoms with Crippen LogP contribution >= 0.6 is 22.7 Å². The van der Waals surface area contributed by atoms with Gasteiger partial charge in [0, 0.05) is 43.3 Å². The highest BCUT2D eigenvalue weighted by molar-refractivity contribution is 7.17. The lowest BCUT2D eigenvalue weighted by atomic mass is 10.3. The largest absolute Gasteiger partial charge is 0.337 e. The summed E-state index contributed by atoms with van der Waals surface area (Å²) in [7, 11) is 3.67. The summed E-state index contributed by atoms with van der Waals surface area (Å²) in [6, 6.07) is 2.02. The number of carbonyl (C=O) groups is 1. The molecule has 22 heavy (non-hydrogen) atoms. The van der Waals surface area contributed by atoms with Crippen molar-refractivity contribution in [2.75, 3.05) is 7.05 Å². The van der Waals surface area contributed by atoms with Gasteiger partial charge in [0.15, 0.2) is 0 Å². The second kappa shape index (κ2) is 6.02. The molecule has 0 N–H and O–H groups in total. The first kappa shape index (κ1) is 14.9. The SMILES string of the molecule is Cc1nc(-c2ccsc2)sc1C(=O)N(C)Cc1cnn(C)c1. The van der Waals surface area contributed by atoms with Gasteiger partial charge >= 0.3 is 0 Å². The summed E-state index contributed by atoms with van der Waals surface area (Å²) in [6.45, 7) is 2.43. The maximum atomic E-state index is 12.6. The molecule has 0 aliphatic heterocycles. The molecule has 0 saturated carbocycles. The van der Waals surface area contributed by atoms with Crippen LogP contribution in [0.25, 0.3) is 10.6 Å². The van der Waals surface area contributed by atoms with Crippen molar-refractivity contribution in [2.24, 2.45) is 7.05 Å². The summed E-state index contributed by atoms with van der Waals surface area (Å²) in [5.74, 6) is 0.000308. The summed E-state index contributed by atoms with van der Waals surface area (Å²) in [6.07, 6.45) is 3.69. The van der Waals surface area contributed by atoms with E-state index in [4.69, 9.17) is 0 Å². The molecular weight excluding hydrogens is 316 g/mol. The highest BCUT2D eigenvalue weighted by Crippen LogP contribution is 2.30. The van der Waals surface area contributed by atoms with Gasteiger partial charge in [0.1, 0.15) is 9.88 Å².